The highest BCUT2D eigenvalue weighted by molar-refractivity contribution is 9.10. The predicted molar refractivity (Wildman–Crippen MR) is 79.9 cm³/mol. The minimum absolute atomic E-state index is 0.111. The van der Waals surface area contributed by atoms with Crippen LogP contribution in [0.25, 0.3) is 0 Å². The molecule has 0 aliphatic rings. The monoisotopic (exact) mass is 373 g/mol. The Balaban J connectivity index is 2.36. The van der Waals surface area contributed by atoms with Gasteiger partial charge in [0, 0.05) is 13.2 Å². The van der Waals surface area contributed by atoms with Crippen molar-refractivity contribution in [2.45, 2.75) is 11.8 Å². The molecule has 7 nitrogen and oxygen atoms in total. The van der Waals surface area contributed by atoms with Crippen LogP contribution in [0.1, 0.15) is 16.1 Å². The third kappa shape index (κ3) is 3.24. The van der Waals surface area contributed by atoms with Gasteiger partial charge in [-0.1, -0.05) is 0 Å². The second-order valence-corrected chi connectivity index (χ2v) is 6.85. The van der Waals surface area contributed by atoms with Crippen molar-refractivity contribution in [3.8, 4) is 0 Å². The fourth-order valence-corrected chi connectivity index (χ4v) is 3.04. The second-order valence-electron chi connectivity index (χ2n) is 4.41. The number of hydrogen-bond donors (Lipinski definition) is 2. The number of carboxylic acid groups (broad SMARTS) is 1. The fraction of sp³-hybridized carbons (Fsp3) is 0.167. The maximum absolute atomic E-state index is 12.2. The molecule has 0 aromatic carbocycles. The van der Waals surface area contributed by atoms with E-state index in [1.165, 1.54) is 24.0 Å². The first-order valence-corrected chi connectivity index (χ1v) is 8.03. The molecule has 0 bridgehead atoms. The summed E-state index contributed by atoms with van der Waals surface area (Å²) < 4.78 is 28.7. The molecule has 0 saturated carbocycles. The number of halogens is 1. The van der Waals surface area contributed by atoms with Gasteiger partial charge in [0.2, 0.25) is 0 Å². The molecule has 0 saturated heterocycles. The van der Waals surface area contributed by atoms with Gasteiger partial charge in [-0.05, 0) is 40.5 Å². The van der Waals surface area contributed by atoms with Crippen molar-refractivity contribution in [3.63, 3.8) is 0 Å². The largest absolute Gasteiger partial charge is 0.477 e. The molecule has 2 aromatic heterocycles. The Bertz CT molecular complexity index is 814. The van der Waals surface area contributed by atoms with Crippen molar-refractivity contribution in [1.29, 1.82) is 0 Å². The van der Waals surface area contributed by atoms with Gasteiger partial charge < -0.3 is 9.67 Å². The zero-order valence-corrected chi connectivity index (χ0v) is 13.6. The first-order chi connectivity index (χ1) is 9.70. The normalized spacial score (nSPS) is 11.4. The van der Waals surface area contributed by atoms with Crippen molar-refractivity contribution in [2.75, 3.05) is 4.72 Å². The van der Waals surface area contributed by atoms with Gasteiger partial charge in [0.05, 0.1) is 11.9 Å². The van der Waals surface area contributed by atoms with Crippen molar-refractivity contribution >= 4 is 37.6 Å². The Kier molecular flexibility index (Phi) is 4.06. The molecule has 0 radical (unpaired) electrons. The van der Waals surface area contributed by atoms with Gasteiger partial charge in [-0.3, -0.25) is 4.72 Å². The zero-order chi connectivity index (χ0) is 15.8. The van der Waals surface area contributed by atoms with Crippen molar-refractivity contribution in [2.24, 2.45) is 7.05 Å². The van der Waals surface area contributed by atoms with Crippen LogP contribution in [-0.4, -0.2) is 29.0 Å². The molecule has 0 fully saturated rings. The number of pyridine rings is 1. The van der Waals surface area contributed by atoms with Crippen LogP contribution >= 0.6 is 15.9 Å². The molecule has 0 aliphatic heterocycles. The van der Waals surface area contributed by atoms with Crippen LogP contribution in [0.15, 0.2) is 34.0 Å². The molecule has 2 aromatic rings. The molecule has 2 heterocycles. The Morgan fingerprint density at radius 1 is 1.43 bits per heavy atom. The summed E-state index contributed by atoms with van der Waals surface area (Å²) in [5.74, 6) is -1.19. The van der Waals surface area contributed by atoms with Crippen LogP contribution < -0.4 is 4.72 Å². The maximum Gasteiger partial charge on any atom is 0.352 e. The van der Waals surface area contributed by atoms with Crippen molar-refractivity contribution in [1.82, 2.24) is 9.55 Å². The number of nitrogens with zero attached hydrogens (tertiary/aromatic N) is 2. The van der Waals surface area contributed by atoms with Crippen LogP contribution in [0.4, 0.5) is 5.69 Å². The Morgan fingerprint density at radius 2 is 2.10 bits per heavy atom. The second kappa shape index (κ2) is 5.49. The smallest absolute Gasteiger partial charge is 0.352 e. The third-order valence-corrected chi connectivity index (χ3v) is 4.95. The fourth-order valence-electron chi connectivity index (χ4n) is 1.72. The van der Waals surface area contributed by atoms with E-state index in [9.17, 15) is 13.2 Å². The molecule has 0 amide bonds. The molecule has 0 atom stereocenters. The van der Waals surface area contributed by atoms with Crippen LogP contribution in [0, 0.1) is 6.92 Å². The lowest BCUT2D eigenvalue weighted by Crippen LogP contribution is -2.12. The van der Waals surface area contributed by atoms with E-state index < -0.39 is 16.0 Å². The highest BCUT2D eigenvalue weighted by Crippen LogP contribution is 2.21. The topological polar surface area (TPSA) is 101 Å². The Hall–Kier alpha value is -1.87. The lowest BCUT2D eigenvalue weighted by Gasteiger charge is -2.07. The summed E-state index contributed by atoms with van der Waals surface area (Å²) >= 11 is 3.23. The summed E-state index contributed by atoms with van der Waals surface area (Å²) in [6.07, 6.45) is 2.61. The average Bonchev–Trinajstić information content (AvgIpc) is 2.77. The van der Waals surface area contributed by atoms with Gasteiger partial charge in [0.1, 0.15) is 15.2 Å². The van der Waals surface area contributed by atoms with Gasteiger partial charge in [-0.25, -0.2) is 18.2 Å². The molecular weight excluding hydrogens is 362 g/mol. The lowest BCUT2D eigenvalue weighted by molar-refractivity contribution is 0.0686. The highest BCUT2D eigenvalue weighted by Gasteiger charge is 2.20. The molecule has 0 spiro atoms. The van der Waals surface area contributed by atoms with Crippen LogP contribution in [0.5, 0.6) is 0 Å². The van der Waals surface area contributed by atoms with Gasteiger partial charge in [0.15, 0.2) is 0 Å². The average molecular weight is 374 g/mol. The van der Waals surface area contributed by atoms with E-state index in [0.717, 1.165) is 11.6 Å². The molecule has 0 unspecified atom stereocenters. The molecule has 112 valence electrons. The summed E-state index contributed by atoms with van der Waals surface area (Å²) in [6, 6.07) is 2.72. The predicted octanol–water partition coefficient (Wildman–Crippen LogP) is 1.99. The van der Waals surface area contributed by atoms with Gasteiger partial charge in [-0.15, -0.1) is 0 Å². The van der Waals surface area contributed by atoms with E-state index in [4.69, 9.17) is 5.11 Å². The quantitative estimate of drug-likeness (QED) is 0.797. The molecule has 0 aliphatic carbocycles. The van der Waals surface area contributed by atoms with E-state index in [1.54, 1.807) is 13.0 Å². The minimum atomic E-state index is -3.87. The number of sulfonamides is 1. The van der Waals surface area contributed by atoms with Crippen LogP contribution in [0.2, 0.25) is 0 Å². The standard InChI is InChI=1S/C12H12BrN3O4S/c1-7-3-8(5-14-11(7)13)15-21(19,20)9-4-10(12(17)18)16(2)6-9/h3-6,15H,1-2H3,(H,17,18). The molecule has 2 N–H and O–H groups in total. The summed E-state index contributed by atoms with van der Waals surface area (Å²) in [4.78, 5) is 14.8. The van der Waals surface area contributed by atoms with Gasteiger partial charge in [-0.2, -0.15) is 0 Å². The van der Waals surface area contributed by atoms with Crippen molar-refractivity contribution < 1.29 is 18.3 Å². The third-order valence-electron chi connectivity index (χ3n) is 2.78. The number of aromatic carboxylic acids is 1. The lowest BCUT2D eigenvalue weighted by atomic mass is 10.3. The van der Waals surface area contributed by atoms with Gasteiger partial charge >= 0.3 is 5.97 Å². The minimum Gasteiger partial charge on any atom is -0.477 e. The van der Waals surface area contributed by atoms with E-state index in [1.807, 2.05) is 0 Å². The number of anilines is 1. The molecule has 9 heteroatoms. The Morgan fingerprint density at radius 3 is 2.62 bits per heavy atom. The molecule has 2 rings (SSSR count). The number of carboxylic acids is 1. The summed E-state index contributed by atoms with van der Waals surface area (Å²) in [7, 11) is -2.40. The number of aromatic nitrogens is 2. The van der Waals surface area contributed by atoms with Gasteiger partial charge in [0.25, 0.3) is 10.0 Å². The summed E-state index contributed by atoms with van der Waals surface area (Å²) in [5, 5.41) is 8.95. The summed E-state index contributed by atoms with van der Waals surface area (Å²) in [6.45, 7) is 1.78. The van der Waals surface area contributed by atoms with Crippen molar-refractivity contribution in [3.05, 3.63) is 40.4 Å². The van der Waals surface area contributed by atoms with E-state index in [0.29, 0.717) is 10.3 Å². The zero-order valence-electron chi connectivity index (χ0n) is 11.2. The Labute approximate surface area is 129 Å². The number of nitrogens with one attached hydrogen (secondary N) is 1. The molecular formula is C12H12BrN3O4S. The highest BCUT2D eigenvalue weighted by atomic mass is 79.9. The number of hydrogen-bond acceptors (Lipinski definition) is 4. The first-order valence-electron chi connectivity index (χ1n) is 5.75. The summed E-state index contributed by atoms with van der Waals surface area (Å²) in [5.41, 5.74) is 0.964. The van der Waals surface area contributed by atoms with E-state index in [2.05, 4.69) is 25.6 Å². The van der Waals surface area contributed by atoms with Crippen LogP contribution in [-0.2, 0) is 17.1 Å². The van der Waals surface area contributed by atoms with Crippen LogP contribution in [0.3, 0.4) is 0 Å². The maximum atomic E-state index is 12.2. The number of carbonyl (C=O) groups is 1. The first kappa shape index (κ1) is 15.5. The van der Waals surface area contributed by atoms with E-state index >= 15 is 0 Å². The van der Waals surface area contributed by atoms with E-state index in [-0.39, 0.29) is 10.6 Å². The number of rotatable bonds is 4. The molecule has 21 heavy (non-hydrogen) atoms. The SMILES string of the molecule is Cc1cc(NS(=O)(=O)c2cc(C(=O)O)n(C)c2)cnc1Br. The number of aryl methyl sites for hydroxylation is 2.